The van der Waals surface area contributed by atoms with E-state index < -0.39 is 0 Å². The van der Waals surface area contributed by atoms with Gasteiger partial charge in [-0.15, -0.1) is 12.4 Å². The predicted octanol–water partition coefficient (Wildman–Crippen LogP) is 6.69. The number of hydrogen-bond donors (Lipinski definition) is 0. The van der Waals surface area contributed by atoms with Crippen molar-refractivity contribution in [2.75, 3.05) is 55.6 Å². The minimum absolute atomic E-state index is 0. The van der Waals surface area contributed by atoms with Crippen LogP contribution in [-0.4, -0.2) is 55.5 Å². The third kappa shape index (κ3) is 6.32. The van der Waals surface area contributed by atoms with E-state index in [4.69, 9.17) is 0 Å². The van der Waals surface area contributed by atoms with Gasteiger partial charge in [-0.3, -0.25) is 4.90 Å². The van der Waals surface area contributed by atoms with Crippen molar-refractivity contribution < 1.29 is 0 Å². The fraction of sp³-hybridized carbons (Fsp3) is 0.769. The second-order valence-electron chi connectivity index (χ2n) is 10.7. The van der Waals surface area contributed by atoms with E-state index >= 15 is 0 Å². The minimum Gasteiger partial charge on any atom is -0.371 e. The van der Waals surface area contributed by atoms with Crippen molar-refractivity contribution in [1.29, 1.82) is 0 Å². The van der Waals surface area contributed by atoms with Gasteiger partial charge >= 0.3 is 0 Å². The molecule has 1 aromatic carbocycles. The second kappa shape index (κ2) is 11.1. The van der Waals surface area contributed by atoms with E-state index in [-0.39, 0.29) is 12.4 Å². The first-order valence-corrected chi connectivity index (χ1v) is 13.4. The van der Waals surface area contributed by atoms with Crippen molar-refractivity contribution in [2.24, 2.45) is 5.41 Å². The SMILES string of the molecule is CCCN1CCN(c2ccc(N3CCC(Br)CC3)cc2C2CCC(C)(C)CC2)CC1.Cl. The summed E-state index contributed by atoms with van der Waals surface area (Å²) in [5.74, 6) is 0.732. The summed E-state index contributed by atoms with van der Waals surface area (Å²) in [5.41, 5.74) is 5.17. The number of piperidine rings is 1. The highest BCUT2D eigenvalue weighted by atomic mass is 79.9. The summed E-state index contributed by atoms with van der Waals surface area (Å²) in [6.07, 6.45) is 9.21. The molecule has 176 valence electrons. The van der Waals surface area contributed by atoms with Gasteiger partial charge in [0.2, 0.25) is 0 Å². The molecule has 0 aromatic heterocycles. The van der Waals surface area contributed by atoms with Crippen LogP contribution in [0.1, 0.15) is 77.2 Å². The number of halogens is 2. The molecule has 0 N–H and O–H groups in total. The summed E-state index contributed by atoms with van der Waals surface area (Å²) in [7, 11) is 0. The number of benzene rings is 1. The van der Waals surface area contributed by atoms with Crippen LogP contribution in [0, 0.1) is 5.41 Å². The fourth-order valence-electron chi connectivity index (χ4n) is 5.70. The van der Waals surface area contributed by atoms with E-state index in [0.717, 1.165) is 5.92 Å². The van der Waals surface area contributed by atoms with Crippen LogP contribution in [0.15, 0.2) is 18.2 Å². The lowest BCUT2D eigenvalue weighted by atomic mass is 9.71. The molecule has 0 radical (unpaired) electrons. The maximum atomic E-state index is 3.82. The molecule has 4 rings (SSSR count). The monoisotopic (exact) mass is 511 g/mol. The normalized spacial score (nSPS) is 23.6. The van der Waals surface area contributed by atoms with Crippen LogP contribution < -0.4 is 9.80 Å². The molecule has 0 unspecified atom stereocenters. The van der Waals surface area contributed by atoms with Gasteiger partial charge in [-0.1, -0.05) is 36.7 Å². The van der Waals surface area contributed by atoms with E-state index in [0.29, 0.717) is 10.2 Å². The molecule has 2 aliphatic heterocycles. The standard InChI is InChI=1S/C26H42BrN3.ClH/c1-4-13-28-16-18-30(19-17-28)25-6-5-23(29-14-9-22(27)10-15-29)20-24(25)21-7-11-26(2,3)12-8-21;/h5-6,20-22H,4,7-19H2,1-3H3;1H. The van der Waals surface area contributed by atoms with E-state index in [2.05, 4.69) is 69.6 Å². The summed E-state index contributed by atoms with van der Waals surface area (Å²) in [5, 5.41) is 0. The molecule has 31 heavy (non-hydrogen) atoms. The van der Waals surface area contributed by atoms with E-state index in [1.54, 1.807) is 5.56 Å². The molecule has 1 aromatic rings. The smallest absolute Gasteiger partial charge is 0.0404 e. The number of rotatable bonds is 5. The fourth-order valence-corrected chi connectivity index (χ4v) is 6.11. The largest absolute Gasteiger partial charge is 0.371 e. The van der Waals surface area contributed by atoms with Crippen molar-refractivity contribution in [3.8, 4) is 0 Å². The first-order valence-electron chi connectivity index (χ1n) is 12.5. The molecule has 0 amide bonds. The van der Waals surface area contributed by atoms with Gasteiger partial charge in [-0.25, -0.2) is 0 Å². The summed E-state index contributed by atoms with van der Waals surface area (Å²) in [4.78, 5) is 8.65. The summed E-state index contributed by atoms with van der Waals surface area (Å²) in [6, 6.07) is 7.48. The molecule has 3 nitrogen and oxygen atoms in total. The maximum absolute atomic E-state index is 3.82. The maximum Gasteiger partial charge on any atom is 0.0404 e. The highest BCUT2D eigenvalue weighted by Crippen LogP contribution is 2.46. The number of alkyl halides is 1. The Labute approximate surface area is 205 Å². The molecule has 2 saturated heterocycles. The Balaban J connectivity index is 0.00000272. The number of hydrogen-bond acceptors (Lipinski definition) is 3. The molecule has 1 aliphatic carbocycles. The van der Waals surface area contributed by atoms with Gasteiger partial charge in [0.15, 0.2) is 0 Å². The van der Waals surface area contributed by atoms with Crippen LogP contribution in [0.2, 0.25) is 0 Å². The van der Waals surface area contributed by atoms with Crippen LogP contribution >= 0.6 is 28.3 Å². The van der Waals surface area contributed by atoms with Crippen LogP contribution in [-0.2, 0) is 0 Å². The molecular formula is C26H43BrClN3. The Kier molecular flexibility index (Phi) is 9.03. The van der Waals surface area contributed by atoms with Crippen LogP contribution in [0.4, 0.5) is 11.4 Å². The summed E-state index contributed by atoms with van der Waals surface area (Å²) in [6.45, 7) is 15.6. The van der Waals surface area contributed by atoms with Crippen LogP contribution in [0.25, 0.3) is 0 Å². The topological polar surface area (TPSA) is 9.72 Å². The second-order valence-corrected chi connectivity index (χ2v) is 12.0. The highest BCUT2D eigenvalue weighted by molar-refractivity contribution is 9.09. The number of nitrogens with zero attached hydrogens (tertiary/aromatic N) is 3. The minimum atomic E-state index is 0. The van der Waals surface area contributed by atoms with Gasteiger partial charge in [0, 0.05) is 55.5 Å². The molecule has 5 heteroatoms. The van der Waals surface area contributed by atoms with Gasteiger partial charge in [-0.2, -0.15) is 0 Å². The van der Waals surface area contributed by atoms with Crippen molar-refractivity contribution in [3.05, 3.63) is 23.8 Å². The van der Waals surface area contributed by atoms with Crippen molar-refractivity contribution in [2.45, 2.75) is 76.5 Å². The third-order valence-corrected chi connectivity index (χ3v) is 8.75. The summed E-state index contributed by atoms with van der Waals surface area (Å²) >= 11 is 3.82. The Hall–Kier alpha value is -0.450. The molecular weight excluding hydrogens is 470 g/mol. The molecule has 0 spiro atoms. The number of anilines is 2. The molecule has 0 bridgehead atoms. The summed E-state index contributed by atoms with van der Waals surface area (Å²) < 4.78 is 0. The Morgan fingerprint density at radius 1 is 0.903 bits per heavy atom. The van der Waals surface area contributed by atoms with Crippen molar-refractivity contribution in [3.63, 3.8) is 0 Å². The number of piperazine rings is 1. The zero-order valence-electron chi connectivity index (χ0n) is 19.9. The lowest BCUT2D eigenvalue weighted by molar-refractivity contribution is 0.224. The van der Waals surface area contributed by atoms with Crippen LogP contribution in [0.5, 0.6) is 0 Å². The van der Waals surface area contributed by atoms with E-state index in [1.165, 1.54) is 102 Å². The van der Waals surface area contributed by atoms with Gasteiger partial charge in [0.25, 0.3) is 0 Å². The molecule has 1 saturated carbocycles. The van der Waals surface area contributed by atoms with Crippen molar-refractivity contribution in [1.82, 2.24) is 4.90 Å². The quantitative estimate of drug-likeness (QED) is 0.407. The lowest BCUT2D eigenvalue weighted by Crippen LogP contribution is -2.47. The lowest BCUT2D eigenvalue weighted by Gasteiger charge is -2.40. The van der Waals surface area contributed by atoms with E-state index in [9.17, 15) is 0 Å². The molecule has 3 aliphatic rings. The Morgan fingerprint density at radius 3 is 2.16 bits per heavy atom. The molecule has 0 atom stereocenters. The first kappa shape index (κ1) is 25.2. The van der Waals surface area contributed by atoms with Gasteiger partial charge in [0.05, 0.1) is 0 Å². The van der Waals surface area contributed by atoms with Gasteiger partial charge < -0.3 is 9.80 Å². The average Bonchev–Trinajstić information content (AvgIpc) is 2.75. The van der Waals surface area contributed by atoms with Crippen LogP contribution in [0.3, 0.4) is 0 Å². The Morgan fingerprint density at radius 2 is 1.55 bits per heavy atom. The average molecular weight is 513 g/mol. The predicted molar refractivity (Wildman–Crippen MR) is 142 cm³/mol. The zero-order valence-corrected chi connectivity index (χ0v) is 22.3. The van der Waals surface area contributed by atoms with E-state index in [1.807, 2.05) is 0 Å². The molecule has 3 fully saturated rings. The third-order valence-electron chi connectivity index (χ3n) is 7.83. The zero-order chi connectivity index (χ0) is 21.1. The van der Waals surface area contributed by atoms with Gasteiger partial charge in [0.1, 0.15) is 0 Å². The first-order chi connectivity index (χ1) is 14.4. The van der Waals surface area contributed by atoms with Gasteiger partial charge in [-0.05, 0) is 86.6 Å². The molecule has 2 heterocycles. The van der Waals surface area contributed by atoms with Crippen molar-refractivity contribution >= 4 is 39.7 Å². The highest BCUT2D eigenvalue weighted by Gasteiger charge is 2.31. The Bertz CT molecular complexity index is 684.